The predicted molar refractivity (Wildman–Crippen MR) is 99.3 cm³/mol. The van der Waals surface area contributed by atoms with Crippen LogP contribution in [-0.4, -0.2) is 4.43 Å². The third-order valence-electron chi connectivity index (χ3n) is 3.20. The molecule has 20 heavy (non-hydrogen) atoms. The van der Waals surface area contributed by atoms with Crippen LogP contribution in [0.3, 0.4) is 0 Å². The smallest absolute Gasteiger partial charge is 0.101 e. The van der Waals surface area contributed by atoms with Crippen molar-refractivity contribution in [2.45, 2.75) is 19.1 Å². The summed E-state index contributed by atoms with van der Waals surface area (Å²) >= 11 is 9.57. The van der Waals surface area contributed by atoms with E-state index >= 15 is 0 Å². The maximum absolute atomic E-state index is 6.25. The van der Waals surface area contributed by atoms with Gasteiger partial charge in [0.05, 0.1) is 6.61 Å². The standard InChI is InChI=1S/C16H15Br2IO/c1-16(11-19,13-7-3-5-9-15(13)18)20-10-12-6-2-4-8-14(12)17/h2-9H,10-11H2,1H3. The summed E-state index contributed by atoms with van der Waals surface area (Å²) in [4.78, 5) is 0. The van der Waals surface area contributed by atoms with Crippen molar-refractivity contribution < 1.29 is 4.74 Å². The SMILES string of the molecule is CC(CI)(OCc1ccccc1Br)c1ccccc1Br. The molecule has 2 aromatic rings. The lowest BCUT2D eigenvalue weighted by atomic mass is 9.98. The van der Waals surface area contributed by atoms with E-state index in [9.17, 15) is 0 Å². The van der Waals surface area contributed by atoms with Gasteiger partial charge in [0.25, 0.3) is 0 Å². The van der Waals surface area contributed by atoms with Gasteiger partial charge in [-0.25, -0.2) is 0 Å². The van der Waals surface area contributed by atoms with Gasteiger partial charge in [0, 0.05) is 13.4 Å². The lowest BCUT2D eigenvalue weighted by Crippen LogP contribution is -2.28. The molecular weight excluding hydrogens is 495 g/mol. The number of rotatable bonds is 5. The molecule has 0 aliphatic carbocycles. The number of benzene rings is 2. The first-order valence-electron chi connectivity index (χ1n) is 6.25. The summed E-state index contributed by atoms with van der Waals surface area (Å²) in [6, 6.07) is 16.4. The van der Waals surface area contributed by atoms with E-state index in [4.69, 9.17) is 4.74 Å². The van der Waals surface area contributed by atoms with E-state index in [-0.39, 0.29) is 5.60 Å². The minimum Gasteiger partial charge on any atom is -0.365 e. The minimum atomic E-state index is -0.310. The molecule has 0 spiro atoms. The Morgan fingerprint density at radius 2 is 1.60 bits per heavy atom. The van der Waals surface area contributed by atoms with Gasteiger partial charge in [-0.1, -0.05) is 90.8 Å². The zero-order valence-electron chi connectivity index (χ0n) is 11.1. The second kappa shape index (κ2) is 7.38. The molecule has 0 N–H and O–H groups in total. The third kappa shape index (κ3) is 3.84. The van der Waals surface area contributed by atoms with Crippen molar-refractivity contribution in [2.24, 2.45) is 0 Å². The molecule has 0 heterocycles. The van der Waals surface area contributed by atoms with Crippen LogP contribution in [0.5, 0.6) is 0 Å². The Balaban J connectivity index is 2.21. The predicted octanol–water partition coefficient (Wildman–Crippen LogP) is 6.08. The van der Waals surface area contributed by atoms with Gasteiger partial charge in [-0.05, 0) is 30.2 Å². The summed E-state index contributed by atoms with van der Waals surface area (Å²) in [5, 5.41) is 0. The quantitative estimate of drug-likeness (QED) is 0.351. The molecule has 106 valence electrons. The van der Waals surface area contributed by atoms with E-state index in [1.165, 1.54) is 5.56 Å². The molecule has 0 aromatic heterocycles. The first-order valence-corrected chi connectivity index (χ1v) is 9.36. The highest BCUT2D eigenvalue weighted by molar-refractivity contribution is 14.1. The van der Waals surface area contributed by atoms with E-state index in [2.05, 4.69) is 79.6 Å². The van der Waals surface area contributed by atoms with Gasteiger partial charge in [-0.15, -0.1) is 0 Å². The third-order valence-corrected chi connectivity index (χ3v) is 6.12. The molecule has 1 nitrogen and oxygen atoms in total. The van der Waals surface area contributed by atoms with Gasteiger partial charge < -0.3 is 4.74 Å². The van der Waals surface area contributed by atoms with Gasteiger partial charge >= 0.3 is 0 Å². The fourth-order valence-corrected chi connectivity index (χ4v) is 3.67. The topological polar surface area (TPSA) is 9.23 Å². The van der Waals surface area contributed by atoms with Crippen LogP contribution in [0, 0.1) is 0 Å². The Hall–Kier alpha value is 0.0900. The zero-order chi connectivity index (χ0) is 14.6. The van der Waals surface area contributed by atoms with E-state index in [1.807, 2.05) is 30.3 Å². The molecule has 0 aliphatic heterocycles. The molecule has 0 fully saturated rings. The molecule has 2 aromatic carbocycles. The number of hydrogen-bond acceptors (Lipinski definition) is 1. The maximum atomic E-state index is 6.25. The van der Waals surface area contributed by atoms with E-state index < -0.39 is 0 Å². The van der Waals surface area contributed by atoms with Gasteiger partial charge in [0.15, 0.2) is 0 Å². The second-order valence-electron chi connectivity index (χ2n) is 4.72. The second-order valence-corrected chi connectivity index (χ2v) is 7.20. The summed E-state index contributed by atoms with van der Waals surface area (Å²) in [6.07, 6.45) is 0. The summed E-state index contributed by atoms with van der Waals surface area (Å²) in [5.41, 5.74) is 2.03. The lowest BCUT2D eigenvalue weighted by Gasteiger charge is -2.29. The normalized spacial score (nSPS) is 14.0. The van der Waals surface area contributed by atoms with Crippen molar-refractivity contribution in [3.8, 4) is 0 Å². The van der Waals surface area contributed by atoms with Gasteiger partial charge in [0.2, 0.25) is 0 Å². The Morgan fingerprint density at radius 1 is 1.00 bits per heavy atom. The highest BCUT2D eigenvalue weighted by Crippen LogP contribution is 2.34. The van der Waals surface area contributed by atoms with Crippen LogP contribution in [0.15, 0.2) is 57.5 Å². The molecule has 0 saturated heterocycles. The molecule has 0 amide bonds. The minimum absolute atomic E-state index is 0.310. The van der Waals surface area contributed by atoms with Crippen molar-refractivity contribution in [3.05, 3.63) is 68.6 Å². The highest BCUT2D eigenvalue weighted by atomic mass is 127. The molecule has 1 unspecified atom stereocenters. The first kappa shape index (κ1) is 16.5. The van der Waals surface area contributed by atoms with Gasteiger partial charge in [-0.2, -0.15) is 0 Å². The van der Waals surface area contributed by atoms with Crippen molar-refractivity contribution in [3.63, 3.8) is 0 Å². The molecule has 0 aliphatic rings. The first-order chi connectivity index (χ1) is 9.57. The van der Waals surface area contributed by atoms with Crippen molar-refractivity contribution in [2.75, 3.05) is 4.43 Å². The van der Waals surface area contributed by atoms with Gasteiger partial charge in [0.1, 0.15) is 5.60 Å². The molecular formula is C16H15Br2IO. The van der Waals surface area contributed by atoms with Crippen LogP contribution < -0.4 is 0 Å². The summed E-state index contributed by atoms with van der Waals surface area (Å²) < 4.78 is 9.31. The number of hydrogen-bond donors (Lipinski definition) is 0. The zero-order valence-corrected chi connectivity index (χ0v) is 16.4. The Labute approximate surface area is 150 Å². The average molecular weight is 510 g/mol. The monoisotopic (exact) mass is 508 g/mol. The lowest BCUT2D eigenvalue weighted by molar-refractivity contribution is -0.0283. The van der Waals surface area contributed by atoms with E-state index in [0.717, 1.165) is 18.9 Å². The van der Waals surface area contributed by atoms with Crippen molar-refractivity contribution >= 4 is 54.5 Å². The molecule has 4 heteroatoms. The molecule has 0 saturated carbocycles. The summed E-state index contributed by atoms with van der Waals surface area (Å²) in [7, 11) is 0. The summed E-state index contributed by atoms with van der Waals surface area (Å²) in [5.74, 6) is 0. The number of ether oxygens (including phenoxy) is 1. The van der Waals surface area contributed by atoms with Crippen LogP contribution >= 0.6 is 54.5 Å². The van der Waals surface area contributed by atoms with E-state index in [1.54, 1.807) is 0 Å². The van der Waals surface area contributed by atoms with Crippen molar-refractivity contribution in [1.82, 2.24) is 0 Å². The average Bonchev–Trinajstić information content (AvgIpc) is 2.46. The van der Waals surface area contributed by atoms with Crippen LogP contribution in [0.25, 0.3) is 0 Å². The number of halogens is 3. The van der Waals surface area contributed by atoms with Crippen molar-refractivity contribution in [1.29, 1.82) is 0 Å². The fourth-order valence-electron chi connectivity index (χ4n) is 1.93. The summed E-state index contributed by atoms with van der Waals surface area (Å²) in [6.45, 7) is 2.72. The van der Waals surface area contributed by atoms with E-state index in [0.29, 0.717) is 6.61 Å². The maximum Gasteiger partial charge on any atom is 0.101 e. The fraction of sp³-hybridized carbons (Fsp3) is 0.250. The van der Waals surface area contributed by atoms with Crippen LogP contribution in [0.2, 0.25) is 0 Å². The number of alkyl halides is 1. The van der Waals surface area contributed by atoms with Crippen LogP contribution in [-0.2, 0) is 16.9 Å². The molecule has 1 atom stereocenters. The molecule has 0 radical (unpaired) electrons. The van der Waals surface area contributed by atoms with Crippen LogP contribution in [0.1, 0.15) is 18.1 Å². The molecule has 0 bridgehead atoms. The van der Waals surface area contributed by atoms with Crippen LogP contribution in [0.4, 0.5) is 0 Å². The largest absolute Gasteiger partial charge is 0.365 e. The van der Waals surface area contributed by atoms with Gasteiger partial charge in [-0.3, -0.25) is 0 Å². The Kier molecular flexibility index (Phi) is 6.08. The Morgan fingerprint density at radius 3 is 2.20 bits per heavy atom. The Bertz CT molecular complexity index is 588. The highest BCUT2D eigenvalue weighted by Gasteiger charge is 2.28. The molecule has 2 rings (SSSR count).